The van der Waals surface area contributed by atoms with E-state index in [0.717, 1.165) is 16.6 Å². The second kappa shape index (κ2) is 3.84. The Kier molecular flexibility index (Phi) is 2.06. The molecule has 1 aromatic heterocycles. The number of phenolic OH excluding ortho intramolecular Hbond substituents is 1. The molecular weight excluding hydrogens is 226 g/mol. The fourth-order valence-corrected chi connectivity index (χ4v) is 1.95. The second-order valence-corrected chi connectivity index (χ2v) is 4.27. The molecule has 1 heterocycles. The molecule has 1 N–H and O–H groups in total. The van der Waals surface area contributed by atoms with Crippen LogP contribution < -0.4 is 0 Å². The zero-order valence-corrected chi connectivity index (χ0v) is 9.96. The van der Waals surface area contributed by atoms with E-state index in [1.807, 2.05) is 37.3 Å². The molecule has 0 saturated heterocycles. The summed E-state index contributed by atoms with van der Waals surface area (Å²) in [5.74, 6) is 0.0703. The highest BCUT2D eigenvalue weighted by Gasteiger charge is 2.10. The first-order valence-electron chi connectivity index (χ1n) is 6.34. The van der Waals surface area contributed by atoms with Gasteiger partial charge in [0.1, 0.15) is 22.5 Å². The SMILES string of the molecule is [2H]Cc1cc(C)cc(-n2nc3ccccc3n2)c1O. The predicted molar refractivity (Wildman–Crippen MR) is 70.0 cm³/mol. The van der Waals surface area contributed by atoms with Crippen LogP contribution in [0, 0.1) is 13.8 Å². The molecule has 90 valence electrons. The summed E-state index contributed by atoms with van der Waals surface area (Å²) in [4.78, 5) is 1.42. The highest BCUT2D eigenvalue weighted by Crippen LogP contribution is 2.26. The van der Waals surface area contributed by atoms with Crippen molar-refractivity contribution in [3.8, 4) is 11.4 Å². The molecule has 0 aliphatic heterocycles. The van der Waals surface area contributed by atoms with Gasteiger partial charge in [-0.2, -0.15) is 0 Å². The molecule has 0 aliphatic rings. The molecule has 0 radical (unpaired) electrons. The summed E-state index contributed by atoms with van der Waals surface area (Å²) in [5.41, 5.74) is 3.61. The first-order valence-corrected chi connectivity index (χ1v) is 5.63. The van der Waals surface area contributed by atoms with Crippen LogP contribution in [0.1, 0.15) is 12.5 Å². The van der Waals surface area contributed by atoms with Gasteiger partial charge in [-0.15, -0.1) is 15.0 Å². The zero-order valence-electron chi connectivity index (χ0n) is 11.0. The summed E-state index contributed by atoms with van der Waals surface area (Å²) in [6.45, 7) is 1.95. The summed E-state index contributed by atoms with van der Waals surface area (Å²) in [5, 5.41) is 18.9. The number of aryl methyl sites for hydroxylation is 2. The molecule has 0 bridgehead atoms. The van der Waals surface area contributed by atoms with Gasteiger partial charge in [-0.05, 0) is 43.1 Å². The van der Waals surface area contributed by atoms with Crippen LogP contribution in [0.2, 0.25) is 0 Å². The Hall–Kier alpha value is -2.36. The normalized spacial score (nSPS) is 11.7. The first-order chi connectivity index (χ1) is 9.19. The smallest absolute Gasteiger partial charge is 0.146 e. The van der Waals surface area contributed by atoms with Gasteiger partial charge in [-0.25, -0.2) is 0 Å². The molecule has 0 saturated carbocycles. The second-order valence-electron chi connectivity index (χ2n) is 4.27. The predicted octanol–water partition coefficient (Wildman–Crippen LogP) is 2.74. The molecule has 0 aliphatic carbocycles. The van der Waals surface area contributed by atoms with E-state index in [2.05, 4.69) is 10.2 Å². The molecule has 0 fully saturated rings. The fourth-order valence-electron chi connectivity index (χ4n) is 1.95. The summed E-state index contributed by atoms with van der Waals surface area (Å²) in [7, 11) is 0. The third-order valence-electron chi connectivity index (χ3n) is 2.82. The minimum absolute atomic E-state index is 0.0291. The van der Waals surface area contributed by atoms with Gasteiger partial charge >= 0.3 is 0 Å². The van der Waals surface area contributed by atoms with E-state index in [-0.39, 0.29) is 12.6 Å². The third kappa shape index (κ3) is 1.62. The van der Waals surface area contributed by atoms with Gasteiger partial charge < -0.3 is 5.11 Å². The number of aromatic hydroxyl groups is 1. The standard InChI is InChI=1S/C14H13N3O/c1-9-7-10(2)14(18)13(8-9)17-15-11-5-3-4-6-12(11)16-17/h3-8,18H,1-2H3/i2D. The van der Waals surface area contributed by atoms with E-state index in [9.17, 15) is 5.11 Å². The van der Waals surface area contributed by atoms with Gasteiger partial charge in [0.25, 0.3) is 0 Å². The van der Waals surface area contributed by atoms with E-state index < -0.39 is 0 Å². The summed E-state index contributed by atoms with van der Waals surface area (Å²) >= 11 is 0. The van der Waals surface area contributed by atoms with Gasteiger partial charge in [0, 0.05) is 1.37 Å². The molecule has 4 heteroatoms. The van der Waals surface area contributed by atoms with E-state index >= 15 is 0 Å². The number of aromatic nitrogens is 3. The van der Waals surface area contributed by atoms with Gasteiger partial charge in [-0.3, -0.25) is 0 Å². The van der Waals surface area contributed by atoms with E-state index in [1.165, 1.54) is 4.80 Å². The first kappa shape index (κ1) is 9.65. The molecule has 0 unspecified atom stereocenters. The van der Waals surface area contributed by atoms with Crippen molar-refractivity contribution in [1.29, 1.82) is 0 Å². The van der Waals surface area contributed by atoms with Crippen molar-refractivity contribution in [3.05, 3.63) is 47.5 Å². The van der Waals surface area contributed by atoms with Gasteiger partial charge in [0.05, 0.1) is 0 Å². The largest absolute Gasteiger partial charge is 0.505 e. The van der Waals surface area contributed by atoms with Crippen LogP contribution in [0.15, 0.2) is 36.4 Å². The maximum Gasteiger partial charge on any atom is 0.146 e. The molecule has 2 aromatic carbocycles. The fraction of sp³-hybridized carbons (Fsp3) is 0.143. The van der Waals surface area contributed by atoms with Crippen molar-refractivity contribution < 1.29 is 6.48 Å². The van der Waals surface area contributed by atoms with Crippen LogP contribution in [0.4, 0.5) is 0 Å². The molecule has 4 nitrogen and oxygen atoms in total. The lowest BCUT2D eigenvalue weighted by atomic mass is 10.1. The van der Waals surface area contributed by atoms with Crippen LogP contribution in [0.25, 0.3) is 16.7 Å². The number of nitrogens with zero attached hydrogens (tertiary/aromatic N) is 3. The Balaban J connectivity index is 2.23. The van der Waals surface area contributed by atoms with Crippen molar-refractivity contribution in [2.45, 2.75) is 13.8 Å². The van der Waals surface area contributed by atoms with Crippen molar-refractivity contribution in [2.24, 2.45) is 0 Å². The maximum atomic E-state index is 10.2. The Morgan fingerprint density at radius 2 is 1.83 bits per heavy atom. The topological polar surface area (TPSA) is 50.9 Å². The number of benzene rings is 2. The Labute approximate surface area is 106 Å². The highest BCUT2D eigenvalue weighted by molar-refractivity contribution is 5.73. The van der Waals surface area contributed by atoms with E-state index in [4.69, 9.17) is 1.37 Å². The van der Waals surface area contributed by atoms with Gasteiger partial charge in [0.2, 0.25) is 0 Å². The van der Waals surface area contributed by atoms with E-state index in [0.29, 0.717) is 11.3 Å². The minimum atomic E-state index is 0.0291. The molecule has 18 heavy (non-hydrogen) atoms. The zero-order chi connectivity index (χ0) is 13.4. The lowest BCUT2D eigenvalue weighted by molar-refractivity contribution is 0.463. The van der Waals surface area contributed by atoms with Gasteiger partial charge in [0.15, 0.2) is 0 Å². The summed E-state index contributed by atoms with van der Waals surface area (Å²) in [6, 6.07) is 11.1. The Morgan fingerprint density at radius 1 is 1.17 bits per heavy atom. The molecular formula is C14H13N3O. The number of fused-ring (bicyclic) bond motifs is 1. The maximum absolute atomic E-state index is 10.2. The van der Waals surface area contributed by atoms with Crippen LogP contribution in [-0.2, 0) is 0 Å². The third-order valence-corrected chi connectivity index (χ3v) is 2.82. The van der Waals surface area contributed by atoms with Crippen LogP contribution in [0.3, 0.4) is 0 Å². The van der Waals surface area contributed by atoms with Crippen molar-refractivity contribution in [3.63, 3.8) is 0 Å². The average molecular weight is 240 g/mol. The quantitative estimate of drug-likeness (QED) is 0.711. The molecule has 0 amide bonds. The van der Waals surface area contributed by atoms with Crippen molar-refractivity contribution >= 4 is 11.0 Å². The van der Waals surface area contributed by atoms with Crippen molar-refractivity contribution in [2.75, 3.05) is 0 Å². The lowest BCUT2D eigenvalue weighted by Crippen LogP contribution is -2.00. The van der Waals surface area contributed by atoms with Crippen LogP contribution in [-0.4, -0.2) is 20.1 Å². The van der Waals surface area contributed by atoms with Crippen LogP contribution in [0.5, 0.6) is 5.75 Å². The highest BCUT2D eigenvalue weighted by atomic mass is 16.3. The molecule has 3 rings (SSSR count). The Bertz CT molecular complexity index is 719. The number of hydrogen-bond donors (Lipinski definition) is 1. The Morgan fingerprint density at radius 3 is 2.44 bits per heavy atom. The summed E-state index contributed by atoms with van der Waals surface area (Å²) in [6.07, 6.45) is 0. The average Bonchev–Trinajstić information content (AvgIpc) is 2.84. The minimum Gasteiger partial charge on any atom is -0.505 e. The number of phenols is 1. The lowest BCUT2D eigenvalue weighted by Gasteiger charge is -2.07. The monoisotopic (exact) mass is 240 g/mol. The van der Waals surface area contributed by atoms with Crippen LogP contribution >= 0.6 is 0 Å². The number of hydrogen-bond acceptors (Lipinski definition) is 3. The van der Waals surface area contributed by atoms with E-state index in [1.54, 1.807) is 6.07 Å². The van der Waals surface area contributed by atoms with Crippen molar-refractivity contribution in [1.82, 2.24) is 15.0 Å². The summed E-state index contributed by atoms with van der Waals surface area (Å²) < 4.78 is 7.44. The molecule has 3 aromatic rings. The number of rotatable bonds is 1. The van der Waals surface area contributed by atoms with Gasteiger partial charge in [-0.1, -0.05) is 18.2 Å². The molecule has 0 atom stereocenters. The molecule has 0 spiro atoms.